The molecule has 2 amide bonds. The third-order valence-electron chi connectivity index (χ3n) is 4.38. The predicted molar refractivity (Wildman–Crippen MR) is 124 cm³/mol. The molecule has 29 heavy (non-hydrogen) atoms. The number of hydrogen-bond acceptors (Lipinski definition) is 3. The molecule has 0 aliphatic carbocycles. The van der Waals surface area contributed by atoms with E-state index in [0.29, 0.717) is 24.5 Å². The Labute approximate surface area is 190 Å². The molecule has 7 heteroatoms. The van der Waals surface area contributed by atoms with E-state index in [0.717, 1.165) is 27.1 Å². The largest absolute Gasteiger partial charge is 0.355 e. The summed E-state index contributed by atoms with van der Waals surface area (Å²) in [6.07, 6.45) is 1.14. The van der Waals surface area contributed by atoms with Crippen LogP contribution in [0.25, 0.3) is 0 Å². The van der Waals surface area contributed by atoms with Gasteiger partial charge in [0.05, 0.1) is 0 Å². The molecule has 0 aliphatic heterocycles. The first kappa shape index (κ1) is 23.8. The van der Waals surface area contributed by atoms with Crippen molar-refractivity contribution in [2.45, 2.75) is 44.2 Å². The van der Waals surface area contributed by atoms with Gasteiger partial charge in [0.15, 0.2) is 0 Å². The second-order valence-corrected chi connectivity index (χ2v) is 9.15. The molecule has 0 radical (unpaired) electrons. The lowest BCUT2D eigenvalue weighted by Gasteiger charge is -2.29. The molecule has 0 saturated carbocycles. The number of carbonyl (C=O) groups excluding carboxylic acids is 2. The number of carbonyl (C=O) groups is 2. The van der Waals surface area contributed by atoms with Crippen molar-refractivity contribution in [2.75, 3.05) is 12.3 Å². The molecule has 2 aromatic rings. The Hall–Kier alpha value is -1.50. The minimum Gasteiger partial charge on any atom is -0.355 e. The molecule has 0 heterocycles. The number of hydrogen-bond donors (Lipinski definition) is 1. The first-order chi connectivity index (χ1) is 13.9. The molecule has 0 saturated heterocycles. The average Bonchev–Trinajstić information content (AvgIpc) is 2.70. The first-order valence-corrected chi connectivity index (χ1v) is 11.8. The molecule has 0 unspecified atom stereocenters. The summed E-state index contributed by atoms with van der Waals surface area (Å²) in [5.74, 6) is 0.681. The van der Waals surface area contributed by atoms with Crippen molar-refractivity contribution in [2.24, 2.45) is 0 Å². The molecule has 0 aromatic heterocycles. The fraction of sp³-hybridized carbons (Fsp3) is 0.364. The third kappa shape index (κ3) is 8.03. The summed E-state index contributed by atoms with van der Waals surface area (Å²) in [6.45, 7) is 4.60. The first-order valence-electron chi connectivity index (χ1n) is 9.60. The predicted octanol–water partition coefficient (Wildman–Crippen LogP) is 5.53. The van der Waals surface area contributed by atoms with Crippen LogP contribution in [0.4, 0.5) is 0 Å². The van der Waals surface area contributed by atoms with Gasteiger partial charge in [-0.25, -0.2) is 0 Å². The summed E-state index contributed by atoms with van der Waals surface area (Å²) in [5.41, 5.74) is 0.986. The molecule has 0 fully saturated rings. The molecule has 0 spiro atoms. The third-order valence-corrected chi connectivity index (χ3v) is 6.22. The Morgan fingerprint density at radius 2 is 1.93 bits per heavy atom. The number of halogens is 2. The van der Waals surface area contributed by atoms with Gasteiger partial charge < -0.3 is 10.2 Å². The number of nitrogens with zero attached hydrogens (tertiary/aromatic N) is 1. The zero-order valence-corrected chi connectivity index (χ0v) is 19.8. The lowest BCUT2D eigenvalue weighted by molar-refractivity contribution is -0.140. The van der Waals surface area contributed by atoms with Crippen LogP contribution in [0.3, 0.4) is 0 Å². The van der Waals surface area contributed by atoms with E-state index in [4.69, 9.17) is 11.6 Å². The van der Waals surface area contributed by atoms with Crippen LogP contribution < -0.4 is 5.32 Å². The van der Waals surface area contributed by atoms with Crippen molar-refractivity contribution in [3.63, 3.8) is 0 Å². The summed E-state index contributed by atoms with van der Waals surface area (Å²) in [5, 5.41) is 3.53. The summed E-state index contributed by atoms with van der Waals surface area (Å²) in [7, 11) is 0. The minimum atomic E-state index is -0.523. The van der Waals surface area contributed by atoms with Gasteiger partial charge in [-0.15, -0.1) is 11.8 Å². The van der Waals surface area contributed by atoms with E-state index in [9.17, 15) is 9.59 Å². The Morgan fingerprint density at radius 3 is 2.59 bits per heavy atom. The zero-order valence-electron chi connectivity index (χ0n) is 16.7. The molecule has 0 aliphatic rings. The number of rotatable bonds is 10. The number of thioether (sulfide) groups is 1. The maximum atomic E-state index is 12.9. The molecule has 2 rings (SSSR count). The molecule has 4 nitrogen and oxygen atoms in total. The van der Waals surface area contributed by atoms with Crippen molar-refractivity contribution in [3.8, 4) is 0 Å². The minimum absolute atomic E-state index is 0.0135. The number of likely N-dealkylation sites (N-methyl/N-ethyl adjacent to an activating group) is 1. The van der Waals surface area contributed by atoms with Crippen LogP contribution in [0, 0.1) is 0 Å². The SMILES string of the molecule is CCNC(=O)[C@@H](C)N(Cc1cccc(Br)c1)C(=O)CCCSc1ccc(Cl)cc1. The summed E-state index contributed by atoms with van der Waals surface area (Å²) < 4.78 is 0.951. The normalized spacial score (nSPS) is 11.7. The Balaban J connectivity index is 1.97. The second-order valence-electron chi connectivity index (χ2n) is 6.63. The standard InChI is InChI=1S/C22H26BrClN2O2S/c1-3-25-22(28)16(2)26(15-17-6-4-7-18(23)14-17)21(27)8-5-13-29-20-11-9-19(24)10-12-20/h4,6-7,9-12,14,16H,3,5,8,13,15H2,1-2H3,(H,25,28)/t16-/m1/s1. The maximum absolute atomic E-state index is 12.9. The van der Waals surface area contributed by atoms with Crippen LogP contribution in [0.1, 0.15) is 32.3 Å². The van der Waals surface area contributed by atoms with Gasteiger partial charge in [0.1, 0.15) is 6.04 Å². The van der Waals surface area contributed by atoms with E-state index in [1.165, 1.54) is 0 Å². The van der Waals surface area contributed by atoms with Gasteiger partial charge in [-0.3, -0.25) is 9.59 Å². The highest BCUT2D eigenvalue weighted by Crippen LogP contribution is 2.22. The maximum Gasteiger partial charge on any atom is 0.242 e. The van der Waals surface area contributed by atoms with Crippen molar-refractivity contribution >= 4 is 51.1 Å². The van der Waals surface area contributed by atoms with Crippen molar-refractivity contribution in [3.05, 3.63) is 63.6 Å². The lowest BCUT2D eigenvalue weighted by Crippen LogP contribution is -2.47. The van der Waals surface area contributed by atoms with Crippen molar-refractivity contribution in [1.82, 2.24) is 10.2 Å². The smallest absolute Gasteiger partial charge is 0.242 e. The molecule has 0 bridgehead atoms. The number of amides is 2. The fourth-order valence-electron chi connectivity index (χ4n) is 2.82. The van der Waals surface area contributed by atoms with Gasteiger partial charge in [-0.05, 0) is 68.0 Å². The summed E-state index contributed by atoms with van der Waals surface area (Å²) in [6, 6.07) is 15.0. The molecule has 1 atom stereocenters. The average molecular weight is 498 g/mol. The Morgan fingerprint density at radius 1 is 1.21 bits per heavy atom. The summed E-state index contributed by atoms with van der Waals surface area (Å²) in [4.78, 5) is 28.1. The van der Waals surface area contributed by atoms with Crippen LogP contribution in [0.2, 0.25) is 5.02 Å². The van der Waals surface area contributed by atoms with Crippen LogP contribution in [-0.2, 0) is 16.1 Å². The molecular weight excluding hydrogens is 472 g/mol. The zero-order chi connectivity index (χ0) is 21.2. The van der Waals surface area contributed by atoms with Gasteiger partial charge in [-0.2, -0.15) is 0 Å². The van der Waals surface area contributed by atoms with E-state index < -0.39 is 6.04 Å². The highest BCUT2D eigenvalue weighted by atomic mass is 79.9. The Bertz CT molecular complexity index is 817. The van der Waals surface area contributed by atoms with Gasteiger partial charge in [0.25, 0.3) is 0 Å². The van der Waals surface area contributed by atoms with E-state index in [1.807, 2.05) is 55.5 Å². The van der Waals surface area contributed by atoms with Crippen LogP contribution in [0.15, 0.2) is 57.9 Å². The second kappa shape index (κ2) is 12.3. The van der Waals surface area contributed by atoms with Crippen LogP contribution in [-0.4, -0.2) is 35.1 Å². The molecular formula is C22H26BrClN2O2S. The van der Waals surface area contributed by atoms with E-state index in [2.05, 4.69) is 21.2 Å². The van der Waals surface area contributed by atoms with Crippen LogP contribution in [0.5, 0.6) is 0 Å². The number of nitrogens with one attached hydrogen (secondary N) is 1. The van der Waals surface area contributed by atoms with Crippen molar-refractivity contribution in [1.29, 1.82) is 0 Å². The van der Waals surface area contributed by atoms with E-state index in [-0.39, 0.29) is 11.8 Å². The quantitative estimate of drug-likeness (QED) is 0.347. The van der Waals surface area contributed by atoms with E-state index in [1.54, 1.807) is 23.6 Å². The monoisotopic (exact) mass is 496 g/mol. The molecule has 1 N–H and O–H groups in total. The fourth-order valence-corrected chi connectivity index (χ4v) is 4.25. The Kier molecular flexibility index (Phi) is 10.0. The molecule has 2 aromatic carbocycles. The van der Waals surface area contributed by atoms with Gasteiger partial charge >= 0.3 is 0 Å². The summed E-state index contributed by atoms with van der Waals surface area (Å²) >= 11 is 11.1. The lowest BCUT2D eigenvalue weighted by atomic mass is 10.1. The van der Waals surface area contributed by atoms with Crippen LogP contribution >= 0.6 is 39.3 Å². The highest BCUT2D eigenvalue weighted by molar-refractivity contribution is 9.10. The van der Waals surface area contributed by atoms with Gasteiger partial charge in [0.2, 0.25) is 11.8 Å². The van der Waals surface area contributed by atoms with E-state index >= 15 is 0 Å². The topological polar surface area (TPSA) is 49.4 Å². The van der Waals surface area contributed by atoms with Gasteiger partial charge in [0, 0.05) is 33.9 Å². The number of benzene rings is 2. The van der Waals surface area contributed by atoms with Gasteiger partial charge in [-0.1, -0.05) is 39.7 Å². The highest BCUT2D eigenvalue weighted by Gasteiger charge is 2.25. The van der Waals surface area contributed by atoms with Crippen molar-refractivity contribution < 1.29 is 9.59 Å². The molecule has 156 valence electrons.